The van der Waals surface area contributed by atoms with Crippen LogP contribution < -0.4 is 15.5 Å². The molecule has 7 heteroatoms. The van der Waals surface area contributed by atoms with Crippen LogP contribution in [0.1, 0.15) is 27.0 Å². The molecule has 0 heterocycles. The first-order valence-electron chi connectivity index (χ1n) is 9.55. The molecule has 0 unspecified atom stereocenters. The van der Waals surface area contributed by atoms with Crippen molar-refractivity contribution in [1.29, 1.82) is 0 Å². The van der Waals surface area contributed by atoms with Crippen molar-refractivity contribution in [3.8, 4) is 5.75 Å². The number of aryl methyl sites for hydroxylation is 1. The van der Waals surface area contributed by atoms with Gasteiger partial charge in [0, 0.05) is 6.54 Å². The van der Waals surface area contributed by atoms with E-state index in [4.69, 9.17) is 4.74 Å². The minimum Gasteiger partial charge on any atom is -0.423 e. The van der Waals surface area contributed by atoms with Gasteiger partial charge in [0.05, 0.1) is 11.8 Å². The molecular formula is C24H21N3O4. The first-order chi connectivity index (χ1) is 15.0. The third kappa shape index (κ3) is 6.64. The van der Waals surface area contributed by atoms with Crippen molar-refractivity contribution in [2.75, 3.05) is 0 Å². The lowest BCUT2D eigenvalue weighted by Gasteiger charge is -2.05. The van der Waals surface area contributed by atoms with Crippen LogP contribution in [0.2, 0.25) is 0 Å². The molecule has 2 N–H and O–H groups in total. The number of benzene rings is 3. The van der Waals surface area contributed by atoms with Gasteiger partial charge >= 0.3 is 17.8 Å². The molecule has 3 rings (SSSR count). The van der Waals surface area contributed by atoms with Gasteiger partial charge in [-0.3, -0.25) is 9.59 Å². The van der Waals surface area contributed by atoms with Gasteiger partial charge in [-0.2, -0.15) is 5.10 Å². The Bertz CT molecular complexity index is 1090. The average Bonchev–Trinajstić information content (AvgIpc) is 2.79. The van der Waals surface area contributed by atoms with Crippen LogP contribution in [-0.4, -0.2) is 24.0 Å². The molecule has 2 amide bonds. The van der Waals surface area contributed by atoms with E-state index in [1.165, 1.54) is 6.21 Å². The number of esters is 1. The van der Waals surface area contributed by atoms with Crippen LogP contribution in [0.15, 0.2) is 84.0 Å². The fraction of sp³-hybridized carbons (Fsp3) is 0.0833. The highest BCUT2D eigenvalue weighted by Crippen LogP contribution is 2.14. The van der Waals surface area contributed by atoms with Gasteiger partial charge in [0.1, 0.15) is 5.75 Å². The first-order valence-corrected chi connectivity index (χ1v) is 9.55. The SMILES string of the molecule is Cc1cccc(C(=O)Oc2ccc(/C=N/NC(=O)C(=O)NCc3ccccc3)cc2)c1. The zero-order valence-corrected chi connectivity index (χ0v) is 16.9. The van der Waals surface area contributed by atoms with E-state index in [-0.39, 0.29) is 6.54 Å². The maximum absolute atomic E-state index is 12.2. The van der Waals surface area contributed by atoms with Crippen molar-refractivity contribution in [3.05, 3.63) is 101 Å². The summed E-state index contributed by atoms with van der Waals surface area (Å²) in [7, 11) is 0. The van der Waals surface area contributed by atoms with E-state index < -0.39 is 17.8 Å². The van der Waals surface area contributed by atoms with Gasteiger partial charge in [-0.25, -0.2) is 10.2 Å². The highest BCUT2D eigenvalue weighted by atomic mass is 16.5. The fourth-order valence-electron chi connectivity index (χ4n) is 2.63. The predicted molar refractivity (Wildman–Crippen MR) is 117 cm³/mol. The van der Waals surface area contributed by atoms with E-state index in [9.17, 15) is 14.4 Å². The van der Waals surface area contributed by atoms with Crippen molar-refractivity contribution in [3.63, 3.8) is 0 Å². The van der Waals surface area contributed by atoms with E-state index in [1.807, 2.05) is 43.3 Å². The van der Waals surface area contributed by atoms with Gasteiger partial charge in [0.25, 0.3) is 0 Å². The van der Waals surface area contributed by atoms with Crippen molar-refractivity contribution in [2.45, 2.75) is 13.5 Å². The lowest BCUT2D eigenvalue weighted by Crippen LogP contribution is -2.37. The third-order valence-corrected chi connectivity index (χ3v) is 4.23. The Kier molecular flexibility index (Phi) is 7.26. The van der Waals surface area contributed by atoms with E-state index in [1.54, 1.807) is 42.5 Å². The number of nitrogens with one attached hydrogen (secondary N) is 2. The zero-order valence-electron chi connectivity index (χ0n) is 16.9. The largest absolute Gasteiger partial charge is 0.423 e. The number of hydrazone groups is 1. The summed E-state index contributed by atoms with van der Waals surface area (Å²) < 4.78 is 5.34. The highest BCUT2D eigenvalue weighted by Gasteiger charge is 2.12. The Morgan fingerprint density at radius 3 is 2.35 bits per heavy atom. The van der Waals surface area contributed by atoms with Crippen LogP contribution >= 0.6 is 0 Å². The van der Waals surface area contributed by atoms with Crippen LogP contribution in [0.25, 0.3) is 0 Å². The summed E-state index contributed by atoms with van der Waals surface area (Å²) in [5, 5.41) is 6.29. The van der Waals surface area contributed by atoms with Crippen molar-refractivity contribution in [1.82, 2.24) is 10.7 Å². The van der Waals surface area contributed by atoms with Crippen LogP contribution in [-0.2, 0) is 16.1 Å². The summed E-state index contributed by atoms with van der Waals surface area (Å²) in [6.07, 6.45) is 1.38. The number of hydrogen-bond acceptors (Lipinski definition) is 5. The lowest BCUT2D eigenvalue weighted by molar-refractivity contribution is -0.139. The summed E-state index contributed by atoms with van der Waals surface area (Å²) in [5.74, 6) is -1.71. The van der Waals surface area contributed by atoms with E-state index in [2.05, 4.69) is 15.8 Å². The molecule has 0 saturated carbocycles. The molecule has 0 saturated heterocycles. The van der Waals surface area contributed by atoms with E-state index in [0.29, 0.717) is 16.9 Å². The van der Waals surface area contributed by atoms with Crippen LogP contribution in [0.5, 0.6) is 5.75 Å². The molecule has 0 fully saturated rings. The number of nitrogens with zero attached hydrogens (tertiary/aromatic N) is 1. The molecule has 7 nitrogen and oxygen atoms in total. The van der Waals surface area contributed by atoms with Gasteiger partial charge in [-0.1, -0.05) is 48.0 Å². The molecule has 0 bridgehead atoms. The third-order valence-electron chi connectivity index (χ3n) is 4.23. The second-order valence-corrected chi connectivity index (χ2v) is 6.70. The predicted octanol–water partition coefficient (Wildman–Crippen LogP) is 2.98. The average molecular weight is 415 g/mol. The molecule has 31 heavy (non-hydrogen) atoms. The Morgan fingerprint density at radius 2 is 1.65 bits per heavy atom. The maximum Gasteiger partial charge on any atom is 0.343 e. The topological polar surface area (TPSA) is 96.9 Å². The maximum atomic E-state index is 12.2. The normalized spacial score (nSPS) is 10.5. The van der Waals surface area contributed by atoms with Crippen molar-refractivity contribution < 1.29 is 19.1 Å². The number of carbonyl (C=O) groups is 3. The second-order valence-electron chi connectivity index (χ2n) is 6.70. The smallest absolute Gasteiger partial charge is 0.343 e. The Balaban J connectivity index is 1.47. The number of rotatable bonds is 6. The Morgan fingerprint density at radius 1 is 0.903 bits per heavy atom. The summed E-state index contributed by atoms with van der Waals surface area (Å²) >= 11 is 0. The Labute approximate surface area is 179 Å². The minimum atomic E-state index is -0.865. The molecule has 3 aromatic carbocycles. The van der Waals surface area contributed by atoms with Gasteiger partial charge in [0.2, 0.25) is 0 Å². The van der Waals surface area contributed by atoms with Crippen molar-refractivity contribution in [2.24, 2.45) is 5.10 Å². The number of hydrogen-bond donors (Lipinski definition) is 2. The molecule has 0 aliphatic heterocycles. The van der Waals surface area contributed by atoms with Gasteiger partial charge in [0.15, 0.2) is 0 Å². The number of carbonyl (C=O) groups excluding carboxylic acids is 3. The zero-order chi connectivity index (χ0) is 22.1. The van der Waals surface area contributed by atoms with Crippen LogP contribution in [0.4, 0.5) is 0 Å². The van der Waals surface area contributed by atoms with Crippen molar-refractivity contribution >= 4 is 24.0 Å². The quantitative estimate of drug-likeness (QED) is 0.213. The minimum absolute atomic E-state index is 0.250. The molecular weight excluding hydrogens is 394 g/mol. The molecule has 0 aliphatic rings. The Hall–Kier alpha value is -4.26. The lowest BCUT2D eigenvalue weighted by atomic mass is 10.1. The summed E-state index contributed by atoms with van der Waals surface area (Å²) in [5.41, 5.74) is 5.15. The molecule has 3 aromatic rings. The van der Waals surface area contributed by atoms with Gasteiger partial charge in [-0.15, -0.1) is 0 Å². The second kappa shape index (κ2) is 10.5. The molecule has 156 valence electrons. The summed E-state index contributed by atoms with van der Waals surface area (Å²) in [4.78, 5) is 35.8. The molecule has 0 spiro atoms. The molecule has 0 radical (unpaired) electrons. The number of amides is 2. The highest BCUT2D eigenvalue weighted by molar-refractivity contribution is 6.35. The van der Waals surface area contributed by atoms with E-state index in [0.717, 1.165) is 11.1 Å². The van der Waals surface area contributed by atoms with Gasteiger partial charge in [-0.05, 0) is 54.4 Å². The first kappa shape index (κ1) is 21.4. The van der Waals surface area contributed by atoms with Crippen LogP contribution in [0.3, 0.4) is 0 Å². The summed E-state index contributed by atoms with van der Waals surface area (Å²) in [6, 6.07) is 23.0. The van der Waals surface area contributed by atoms with Gasteiger partial charge < -0.3 is 10.1 Å². The number of ether oxygens (including phenoxy) is 1. The fourth-order valence-corrected chi connectivity index (χ4v) is 2.63. The molecule has 0 aromatic heterocycles. The monoisotopic (exact) mass is 415 g/mol. The standard InChI is InChI=1S/C24H21N3O4/c1-17-6-5-9-20(14-17)24(30)31-21-12-10-19(11-13-21)16-26-27-23(29)22(28)25-15-18-7-3-2-4-8-18/h2-14,16H,15H2,1H3,(H,25,28)(H,27,29)/b26-16+. The van der Waals surface area contributed by atoms with Crippen LogP contribution in [0, 0.1) is 6.92 Å². The molecule has 0 aliphatic carbocycles. The summed E-state index contributed by atoms with van der Waals surface area (Å²) in [6.45, 7) is 2.15. The van der Waals surface area contributed by atoms with E-state index >= 15 is 0 Å². The molecule has 0 atom stereocenters.